The lowest BCUT2D eigenvalue weighted by Crippen LogP contribution is -2.48. The summed E-state index contributed by atoms with van der Waals surface area (Å²) < 4.78 is 5.37. The van der Waals surface area contributed by atoms with Crippen LogP contribution in [0, 0.1) is 0 Å². The Bertz CT molecular complexity index is 742. The number of likely N-dealkylation sites (N-methyl/N-ethyl adjacent to an activating group) is 1. The molecule has 0 atom stereocenters. The number of aromatic nitrogens is 1. The highest BCUT2D eigenvalue weighted by Crippen LogP contribution is 2.19. The molecule has 26 heavy (non-hydrogen) atoms. The first-order valence-electron chi connectivity index (χ1n) is 9.04. The zero-order chi connectivity index (χ0) is 18.4. The second-order valence-electron chi connectivity index (χ2n) is 6.32. The molecule has 1 fully saturated rings. The minimum Gasteiger partial charge on any atom is -0.496 e. The standard InChI is InChI=1S/C20H26N4O2/c1-3-23-10-12-24(13-11-23)20(25)16-8-9-21-19(14-16)22-15-17-6-4-5-7-18(17)26-2/h4-9,14H,3,10-13,15H2,1-2H3,(H,21,22). The van der Waals surface area contributed by atoms with Crippen molar-refractivity contribution >= 4 is 11.7 Å². The smallest absolute Gasteiger partial charge is 0.254 e. The normalized spacial score (nSPS) is 14.9. The van der Waals surface area contributed by atoms with Crippen molar-refractivity contribution in [2.24, 2.45) is 0 Å². The SMILES string of the molecule is CCN1CCN(C(=O)c2ccnc(NCc3ccccc3OC)c2)CC1. The fourth-order valence-electron chi connectivity index (χ4n) is 3.14. The predicted octanol–water partition coefficient (Wildman–Crippen LogP) is 2.48. The van der Waals surface area contributed by atoms with Crippen LogP contribution in [0.15, 0.2) is 42.6 Å². The minimum absolute atomic E-state index is 0.0727. The van der Waals surface area contributed by atoms with Gasteiger partial charge in [0.2, 0.25) is 0 Å². The molecular weight excluding hydrogens is 328 g/mol. The Hall–Kier alpha value is -2.60. The summed E-state index contributed by atoms with van der Waals surface area (Å²) in [5.41, 5.74) is 1.72. The number of ether oxygens (including phenoxy) is 1. The van der Waals surface area contributed by atoms with Gasteiger partial charge in [-0.1, -0.05) is 25.1 Å². The van der Waals surface area contributed by atoms with Crippen LogP contribution in [0.5, 0.6) is 5.75 Å². The molecule has 0 saturated carbocycles. The van der Waals surface area contributed by atoms with Crippen LogP contribution >= 0.6 is 0 Å². The maximum absolute atomic E-state index is 12.8. The molecular formula is C20H26N4O2. The van der Waals surface area contributed by atoms with Crippen molar-refractivity contribution in [3.05, 3.63) is 53.7 Å². The fourth-order valence-corrected chi connectivity index (χ4v) is 3.14. The number of para-hydroxylation sites is 1. The molecule has 1 aromatic heterocycles. The van der Waals surface area contributed by atoms with Gasteiger partial charge in [0.1, 0.15) is 11.6 Å². The highest BCUT2D eigenvalue weighted by molar-refractivity contribution is 5.94. The molecule has 138 valence electrons. The number of pyridine rings is 1. The summed E-state index contributed by atoms with van der Waals surface area (Å²) in [6.45, 7) is 7.20. The number of piperazine rings is 1. The maximum Gasteiger partial charge on any atom is 0.254 e. The van der Waals surface area contributed by atoms with Crippen LogP contribution < -0.4 is 10.1 Å². The van der Waals surface area contributed by atoms with Gasteiger partial charge < -0.3 is 19.9 Å². The third-order valence-corrected chi connectivity index (χ3v) is 4.77. The van der Waals surface area contributed by atoms with E-state index >= 15 is 0 Å². The topological polar surface area (TPSA) is 57.7 Å². The number of hydrogen-bond acceptors (Lipinski definition) is 5. The molecule has 2 heterocycles. The maximum atomic E-state index is 12.8. The Kier molecular flexibility index (Phi) is 6.07. The summed E-state index contributed by atoms with van der Waals surface area (Å²) in [7, 11) is 1.66. The van der Waals surface area contributed by atoms with Crippen molar-refractivity contribution in [3.8, 4) is 5.75 Å². The molecule has 0 bridgehead atoms. The fraction of sp³-hybridized carbons (Fsp3) is 0.400. The number of carbonyl (C=O) groups is 1. The lowest BCUT2D eigenvalue weighted by molar-refractivity contribution is 0.0643. The lowest BCUT2D eigenvalue weighted by atomic mass is 10.2. The quantitative estimate of drug-likeness (QED) is 0.864. The second-order valence-corrected chi connectivity index (χ2v) is 6.32. The Morgan fingerprint density at radius 2 is 1.96 bits per heavy atom. The van der Waals surface area contributed by atoms with Gasteiger partial charge in [-0.15, -0.1) is 0 Å². The third kappa shape index (κ3) is 4.32. The number of rotatable bonds is 6. The van der Waals surface area contributed by atoms with Gasteiger partial charge in [-0.3, -0.25) is 4.79 Å². The average molecular weight is 354 g/mol. The van der Waals surface area contributed by atoms with Gasteiger partial charge in [-0.05, 0) is 24.7 Å². The van der Waals surface area contributed by atoms with Gasteiger partial charge in [0.05, 0.1) is 7.11 Å². The zero-order valence-electron chi connectivity index (χ0n) is 15.4. The van der Waals surface area contributed by atoms with E-state index < -0.39 is 0 Å². The Labute approximate surface area is 154 Å². The number of nitrogens with one attached hydrogen (secondary N) is 1. The van der Waals surface area contributed by atoms with Crippen molar-refractivity contribution in [1.29, 1.82) is 0 Å². The number of carbonyl (C=O) groups excluding carboxylic acids is 1. The van der Waals surface area contributed by atoms with Crippen LogP contribution in [-0.4, -0.2) is 60.5 Å². The van der Waals surface area contributed by atoms with Crippen LogP contribution in [-0.2, 0) is 6.54 Å². The molecule has 6 heteroatoms. The lowest BCUT2D eigenvalue weighted by Gasteiger charge is -2.34. The molecule has 1 aliphatic rings. The van der Waals surface area contributed by atoms with Crippen LogP contribution in [0.4, 0.5) is 5.82 Å². The van der Waals surface area contributed by atoms with E-state index in [0.717, 1.165) is 44.0 Å². The van der Waals surface area contributed by atoms with Crippen molar-refractivity contribution in [2.45, 2.75) is 13.5 Å². The van der Waals surface area contributed by atoms with E-state index in [2.05, 4.69) is 22.1 Å². The molecule has 0 radical (unpaired) electrons. The predicted molar refractivity (Wildman–Crippen MR) is 103 cm³/mol. The van der Waals surface area contributed by atoms with E-state index in [-0.39, 0.29) is 5.91 Å². The van der Waals surface area contributed by atoms with Crippen molar-refractivity contribution in [1.82, 2.24) is 14.8 Å². The highest BCUT2D eigenvalue weighted by atomic mass is 16.5. The summed E-state index contributed by atoms with van der Waals surface area (Å²) in [4.78, 5) is 21.4. The molecule has 3 rings (SSSR count). The molecule has 1 N–H and O–H groups in total. The molecule has 2 aromatic rings. The largest absolute Gasteiger partial charge is 0.496 e. The van der Waals surface area contributed by atoms with Gasteiger partial charge in [-0.25, -0.2) is 4.98 Å². The van der Waals surface area contributed by atoms with E-state index in [1.165, 1.54) is 0 Å². The summed E-state index contributed by atoms with van der Waals surface area (Å²) >= 11 is 0. The number of hydrogen-bond donors (Lipinski definition) is 1. The van der Waals surface area contributed by atoms with E-state index in [0.29, 0.717) is 17.9 Å². The molecule has 0 unspecified atom stereocenters. The molecule has 1 saturated heterocycles. The van der Waals surface area contributed by atoms with Crippen LogP contribution in [0.2, 0.25) is 0 Å². The number of benzene rings is 1. The summed E-state index contributed by atoms with van der Waals surface area (Å²) in [6, 6.07) is 11.5. The number of nitrogens with zero attached hydrogens (tertiary/aromatic N) is 3. The summed E-state index contributed by atoms with van der Waals surface area (Å²) in [6.07, 6.45) is 1.68. The van der Waals surface area contributed by atoms with Gasteiger partial charge >= 0.3 is 0 Å². The summed E-state index contributed by atoms with van der Waals surface area (Å²) in [5, 5.41) is 3.28. The van der Waals surface area contributed by atoms with E-state index in [9.17, 15) is 4.79 Å². The number of amides is 1. The Morgan fingerprint density at radius 3 is 2.69 bits per heavy atom. The van der Waals surface area contributed by atoms with Crippen LogP contribution in [0.1, 0.15) is 22.8 Å². The first kappa shape index (κ1) is 18.2. The monoisotopic (exact) mass is 354 g/mol. The van der Waals surface area contributed by atoms with Crippen LogP contribution in [0.3, 0.4) is 0 Å². The zero-order valence-corrected chi connectivity index (χ0v) is 15.4. The molecule has 6 nitrogen and oxygen atoms in total. The average Bonchev–Trinajstić information content (AvgIpc) is 2.72. The number of anilines is 1. The van der Waals surface area contributed by atoms with Crippen molar-refractivity contribution in [2.75, 3.05) is 45.2 Å². The number of methoxy groups -OCH3 is 1. The first-order valence-corrected chi connectivity index (χ1v) is 9.04. The van der Waals surface area contributed by atoms with Gasteiger partial charge in [-0.2, -0.15) is 0 Å². The molecule has 0 spiro atoms. The molecule has 1 aliphatic heterocycles. The van der Waals surface area contributed by atoms with Crippen LogP contribution in [0.25, 0.3) is 0 Å². The molecule has 1 amide bonds. The minimum atomic E-state index is 0.0727. The Balaban J connectivity index is 1.64. The summed E-state index contributed by atoms with van der Waals surface area (Å²) in [5.74, 6) is 1.60. The van der Waals surface area contributed by atoms with Gasteiger partial charge in [0.25, 0.3) is 5.91 Å². The van der Waals surface area contributed by atoms with Crippen molar-refractivity contribution < 1.29 is 9.53 Å². The van der Waals surface area contributed by atoms with E-state index in [4.69, 9.17) is 4.74 Å². The second kappa shape index (κ2) is 8.67. The molecule has 0 aliphatic carbocycles. The Morgan fingerprint density at radius 1 is 1.19 bits per heavy atom. The third-order valence-electron chi connectivity index (χ3n) is 4.77. The highest BCUT2D eigenvalue weighted by Gasteiger charge is 2.21. The van der Waals surface area contributed by atoms with E-state index in [1.807, 2.05) is 35.2 Å². The first-order chi connectivity index (χ1) is 12.7. The molecule has 1 aromatic carbocycles. The van der Waals surface area contributed by atoms with Gasteiger partial charge in [0, 0.05) is 50.0 Å². The van der Waals surface area contributed by atoms with E-state index in [1.54, 1.807) is 19.4 Å². The van der Waals surface area contributed by atoms with Gasteiger partial charge in [0.15, 0.2) is 0 Å². The van der Waals surface area contributed by atoms with Crippen molar-refractivity contribution in [3.63, 3.8) is 0 Å².